The molecule has 0 unspecified atom stereocenters. The number of fused-ring (bicyclic) bond motifs is 2. The van der Waals surface area contributed by atoms with E-state index < -0.39 is 20.5 Å². The Morgan fingerprint density at radius 2 is 1.33 bits per heavy atom. The highest BCUT2D eigenvalue weighted by molar-refractivity contribution is 6.65. The first-order valence-corrected chi connectivity index (χ1v) is 15.0. The summed E-state index contributed by atoms with van der Waals surface area (Å²) in [4.78, 5) is 24.5. The number of esters is 2. The van der Waals surface area contributed by atoms with Crippen LogP contribution in [0, 0.1) is 0 Å². The molecule has 0 saturated heterocycles. The molecule has 0 heterocycles. The van der Waals surface area contributed by atoms with Crippen LogP contribution in [0.3, 0.4) is 0 Å². The number of ether oxygens (including phenoxy) is 2. The van der Waals surface area contributed by atoms with E-state index >= 15 is 0 Å². The Bertz CT molecular complexity index is 1510. The van der Waals surface area contributed by atoms with Gasteiger partial charge in [-0.15, -0.1) is 0 Å². The summed E-state index contributed by atoms with van der Waals surface area (Å²) in [6.07, 6.45) is 2.30. The smallest absolute Gasteiger partial charge is 0.392 e. The predicted octanol–water partition coefficient (Wildman–Crippen LogP) is 6.66. The van der Waals surface area contributed by atoms with Crippen LogP contribution in [0.25, 0.3) is 21.5 Å². The van der Waals surface area contributed by atoms with E-state index in [0.29, 0.717) is 11.5 Å². The van der Waals surface area contributed by atoms with E-state index in [1.54, 1.807) is 25.3 Å². The lowest BCUT2D eigenvalue weighted by Gasteiger charge is -2.21. The molecule has 0 radical (unpaired) electrons. The molecule has 0 aliphatic carbocycles. The number of carbonyl (C=O) groups is 2. The Labute approximate surface area is 230 Å². The lowest BCUT2D eigenvalue weighted by atomic mass is 10.1. The van der Waals surface area contributed by atoms with Gasteiger partial charge in [-0.05, 0) is 60.3 Å². The second kappa shape index (κ2) is 12.9. The van der Waals surface area contributed by atoms with E-state index in [-0.39, 0.29) is 0 Å². The quantitative estimate of drug-likeness (QED) is 0.107. The summed E-state index contributed by atoms with van der Waals surface area (Å²) in [5.41, 5.74) is 1.09. The van der Waals surface area contributed by atoms with E-state index in [9.17, 15) is 9.59 Å². The molecule has 0 bridgehead atoms. The zero-order chi connectivity index (χ0) is 28.6. The van der Waals surface area contributed by atoms with Gasteiger partial charge in [-0.25, -0.2) is 9.59 Å². The van der Waals surface area contributed by atoms with Crippen LogP contribution in [0.2, 0.25) is 13.1 Å². The summed E-state index contributed by atoms with van der Waals surface area (Å²) in [5, 5.41) is 3.94. The van der Waals surface area contributed by atoms with Crippen molar-refractivity contribution >= 4 is 47.7 Å². The maximum absolute atomic E-state index is 11.3. The molecule has 0 saturated carbocycles. The van der Waals surface area contributed by atoms with Gasteiger partial charge < -0.3 is 23.2 Å². The highest BCUT2D eigenvalue weighted by Crippen LogP contribution is 2.33. The van der Waals surface area contributed by atoms with Crippen molar-refractivity contribution in [3.63, 3.8) is 0 Å². The van der Waals surface area contributed by atoms with Gasteiger partial charge in [0.25, 0.3) is 0 Å². The maximum atomic E-state index is 11.3. The van der Waals surface area contributed by atoms with Crippen molar-refractivity contribution in [2.24, 2.45) is 0 Å². The molecule has 202 valence electrons. The van der Waals surface area contributed by atoms with Crippen molar-refractivity contribution in [2.45, 2.75) is 13.1 Å². The minimum Gasteiger partial charge on any atom is -0.520 e. The molecule has 39 heavy (non-hydrogen) atoms. The molecular formula is C31H33NO6Si. The number of hydrogen-bond acceptors (Lipinski definition) is 7. The van der Waals surface area contributed by atoms with Crippen LogP contribution >= 0.6 is 0 Å². The van der Waals surface area contributed by atoms with Gasteiger partial charge in [0.15, 0.2) is 0 Å². The standard InChI is InChI=1S/C16H18O4Si.C15H15NO2/c1-5-16(17)19-14-8-6-13-11-15(9-7-12(13)10-14)20-21(3,4)18-2;1-4-15(17)18-14-10-9-13(16(2)3)11-7-5-6-8-12(11)14/h5-11H,1H2,2-4H3;4-10H,1H2,2-3H3. The summed E-state index contributed by atoms with van der Waals surface area (Å²) < 4.78 is 21.6. The normalized spacial score (nSPS) is 10.7. The summed E-state index contributed by atoms with van der Waals surface area (Å²) in [7, 11) is 3.50. The van der Waals surface area contributed by atoms with E-state index in [4.69, 9.17) is 18.3 Å². The van der Waals surface area contributed by atoms with Gasteiger partial charge in [-0.1, -0.05) is 49.6 Å². The zero-order valence-corrected chi connectivity index (χ0v) is 23.9. The van der Waals surface area contributed by atoms with E-state index in [1.807, 2.05) is 86.7 Å². The number of nitrogens with zero attached hydrogens (tertiary/aromatic N) is 1. The molecule has 0 amide bonds. The first kappa shape index (κ1) is 29.2. The maximum Gasteiger partial charge on any atom is 0.392 e. The average molecular weight is 544 g/mol. The van der Waals surface area contributed by atoms with Crippen molar-refractivity contribution in [1.29, 1.82) is 0 Å². The molecule has 4 rings (SSSR count). The van der Waals surface area contributed by atoms with Crippen LogP contribution < -0.4 is 18.8 Å². The minimum absolute atomic E-state index is 0.447. The Hall–Kier alpha value is -4.40. The van der Waals surface area contributed by atoms with Crippen molar-refractivity contribution in [3.05, 3.63) is 98.1 Å². The molecule has 0 N–H and O–H groups in total. The Morgan fingerprint density at radius 3 is 1.92 bits per heavy atom. The number of hydrogen-bond donors (Lipinski definition) is 0. The summed E-state index contributed by atoms with van der Waals surface area (Å²) in [6.45, 7) is 10.7. The second-order valence-electron chi connectivity index (χ2n) is 9.15. The van der Waals surface area contributed by atoms with Crippen molar-refractivity contribution < 1.29 is 27.9 Å². The second-order valence-corrected chi connectivity index (χ2v) is 12.6. The fourth-order valence-corrected chi connectivity index (χ4v) is 4.47. The molecule has 0 fully saturated rings. The average Bonchev–Trinajstić information content (AvgIpc) is 2.93. The molecule has 0 aromatic heterocycles. The Balaban J connectivity index is 0.000000218. The van der Waals surface area contributed by atoms with Gasteiger partial charge in [0, 0.05) is 49.8 Å². The molecule has 0 aliphatic heterocycles. The fourth-order valence-electron chi connectivity index (χ4n) is 3.70. The van der Waals surface area contributed by atoms with Crippen molar-refractivity contribution in [1.82, 2.24) is 0 Å². The molecular weight excluding hydrogens is 510 g/mol. The van der Waals surface area contributed by atoms with E-state index in [1.165, 1.54) is 0 Å². The zero-order valence-electron chi connectivity index (χ0n) is 22.9. The Kier molecular flexibility index (Phi) is 9.65. The van der Waals surface area contributed by atoms with Gasteiger partial charge in [0.2, 0.25) is 0 Å². The van der Waals surface area contributed by atoms with Crippen LogP contribution in [0.1, 0.15) is 0 Å². The van der Waals surface area contributed by atoms with Gasteiger partial charge in [-0.3, -0.25) is 0 Å². The predicted molar refractivity (Wildman–Crippen MR) is 159 cm³/mol. The molecule has 0 aliphatic rings. The van der Waals surface area contributed by atoms with E-state index in [2.05, 4.69) is 13.2 Å². The molecule has 4 aromatic carbocycles. The molecule has 8 heteroatoms. The van der Waals surface area contributed by atoms with Crippen molar-refractivity contribution in [2.75, 3.05) is 26.1 Å². The van der Waals surface area contributed by atoms with Crippen LogP contribution in [0.5, 0.6) is 17.2 Å². The molecule has 0 atom stereocenters. The largest absolute Gasteiger partial charge is 0.520 e. The fraction of sp³-hybridized carbons (Fsp3) is 0.161. The molecule has 0 spiro atoms. The highest BCUT2D eigenvalue weighted by atomic mass is 28.4. The third-order valence-electron chi connectivity index (χ3n) is 5.74. The molecule has 7 nitrogen and oxygen atoms in total. The highest BCUT2D eigenvalue weighted by Gasteiger charge is 2.24. The monoisotopic (exact) mass is 543 g/mol. The van der Waals surface area contributed by atoms with Gasteiger partial charge in [-0.2, -0.15) is 0 Å². The third kappa shape index (κ3) is 7.80. The number of carbonyl (C=O) groups excluding carboxylic acids is 2. The van der Waals surface area contributed by atoms with Gasteiger partial charge >= 0.3 is 20.5 Å². The minimum atomic E-state index is -2.12. The number of anilines is 1. The summed E-state index contributed by atoms with van der Waals surface area (Å²) in [5.74, 6) is 0.908. The lowest BCUT2D eigenvalue weighted by molar-refractivity contribution is -0.129. The lowest BCUT2D eigenvalue weighted by Crippen LogP contribution is -2.36. The number of rotatable bonds is 8. The Morgan fingerprint density at radius 1 is 0.769 bits per heavy atom. The van der Waals surface area contributed by atoms with Gasteiger partial charge in [0.1, 0.15) is 17.2 Å². The summed E-state index contributed by atoms with van der Waals surface area (Å²) in [6, 6.07) is 22.8. The third-order valence-corrected chi connectivity index (χ3v) is 7.45. The molecule has 4 aromatic rings. The van der Waals surface area contributed by atoms with Crippen LogP contribution in [-0.4, -0.2) is 41.7 Å². The topological polar surface area (TPSA) is 74.3 Å². The van der Waals surface area contributed by atoms with Crippen LogP contribution in [-0.2, 0) is 14.0 Å². The first-order valence-electron chi connectivity index (χ1n) is 12.2. The number of benzene rings is 4. The van der Waals surface area contributed by atoms with E-state index in [0.717, 1.165) is 45.1 Å². The summed E-state index contributed by atoms with van der Waals surface area (Å²) >= 11 is 0. The van der Waals surface area contributed by atoms with Gasteiger partial charge in [0.05, 0.1) is 0 Å². The van der Waals surface area contributed by atoms with Crippen LogP contribution in [0.15, 0.2) is 98.1 Å². The first-order chi connectivity index (χ1) is 18.6. The SMILES string of the molecule is C=CC(=O)Oc1ccc(N(C)C)c2ccccc12.C=CC(=O)Oc1ccc2cc(O[Si](C)(C)OC)ccc2c1. The van der Waals surface area contributed by atoms with Crippen molar-refractivity contribution in [3.8, 4) is 17.2 Å². The van der Waals surface area contributed by atoms with Crippen LogP contribution in [0.4, 0.5) is 5.69 Å².